The molecule has 1 aromatic heterocycles. The van der Waals surface area contributed by atoms with Crippen LogP contribution >= 0.6 is 11.3 Å². The molecule has 1 amide bonds. The molecule has 0 spiro atoms. The van der Waals surface area contributed by atoms with Crippen molar-refractivity contribution in [3.8, 4) is 0 Å². The van der Waals surface area contributed by atoms with Crippen molar-refractivity contribution >= 4 is 23.2 Å². The summed E-state index contributed by atoms with van der Waals surface area (Å²) in [7, 11) is 0. The van der Waals surface area contributed by atoms with E-state index in [-0.39, 0.29) is 11.8 Å². The van der Waals surface area contributed by atoms with Gasteiger partial charge in [-0.3, -0.25) is 9.59 Å². The summed E-state index contributed by atoms with van der Waals surface area (Å²) >= 11 is 1.65. The molecule has 2 saturated heterocycles. The molecule has 0 bridgehead atoms. The first kappa shape index (κ1) is 14.5. The van der Waals surface area contributed by atoms with Crippen LogP contribution < -0.4 is 0 Å². The molecule has 6 heteroatoms. The lowest BCUT2D eigenvalue weighted by Crippen LogP contribution is -2.45. The number of aliphatic carboxylic acids is 1. The van der Waals surface area contributed by atoms with Crippen molar-refractivity contribution in [3.05, 3.63) is 22.4 Å². The first-order chi connectivity index (χ1) is 10.1. The number of fused-ring (bicyclic) bond motifs is 1. The molecule has 2 aliphatic heterocycles. The van der Waals surface area contributed by atoms with Crippen LogP contribution in [-0.4, -0.2) is 48.2 Å². The zero-order valence-electron chi connectivity index (χ0n) is 11.8. The van der Waals surface area contributed by atoms with Gasteiger partial charge in [0, 0.05) is 36.9 Å². The zero-order chi connectivity index (χ0) is 14.9. The second-order valence-corrected chi connectivity index (χ2v) is 6.87. The Labute approximate surface area is 127 Å². The normalized spacial score (nSPS) is 28.4. The van der Waals surface area contributed by atoms with Gasteiger partial charge in [0.25, 0.3) is 0 Å². The molecule has 1 N–H and O–H groups in total. The molecule has 2 atom stereocenters. The Bertz CT molecular complexity index is 530. The van der Waals surface area contributed by atoms with Crippen molar-refractivity contribution < 1.29 is 19.4 Å². The lowest BCUT2D eigenvalue weighted by atomic mass is 9.74. The van der Waals surface area contributed by atoms with E-state index < -0.39 is 11.4 Å². The van der Waals surface area contributed by atoms with E-state index in [1.54, 1.807) is 16.2 Å². The Kier molecular flexibility index (Phi) is 3.99. The number of carboxylic acids is 1. The standard InChI is InChI=1S/C15H19NO4S/c17-13(4-3-12-2-1-7-21-12)16-8-11-9-20-6-5-15(11,10-16)14(18)19/h1-2,7,11H,3-6,8-10H2,(H,18,19)/t11-,15+/m0/s1. The number of rotatable bonds is 4. The molecular formula is C15H19NO4S. The predicted octanol–water partition coefficient (Wildman–Crippen LogP) is 1.63. The summed E-state index contributed by atoms with van der Waals surface area (Å²) in [6.45, 7) is 1.76. The summed E-state index contributed by atoms with van der Waals surface area (Å²) in [5.41, 5.74) is -0.795. The third kappa shape index (κ3) is 2.70. The number of carboxylic acid groups (broad SMARTS) is 1. The van der Waals surface area contributed by atoms with Crippen LogP contribution in [0, 0.1) is 11.3 Å². The largest absolute Gasteiger partial charge is 0.481 e. The topological polar surface area (TPSA) is 66.8 Å². The van der Waals surface area contributed by atoms with Crippen LogP contribution in [0.15, 0.2) is 17.5 Å². The number of carbonyl (C=O) groups is 2. The maximum Gasteiger partial charge on any atom is 0.311 e. The van der Waals surface area contributed by atoms with Crippen LogP contribution in [0.3, 0.4) is 0 Å². The summed E-state index contributed by atoms with van der Waals surface area (Å²) in [5.74, 6) is -0.808. The first-order valence-electron chi connectivity index (χ1n) is 7.23. The lowest BCUT2D eigenvalue weighted by molar-refractivity contribution is -0.157. The van der Waals surface area contributed by atoms with E-state index in [1.807, 2.05) is 17.5 Å². The van der Waals surface area contributed by atoms with Gasteiger partial charge < -0.3 is 14.7 Å². The molecule has 1 aromatic rings. The van der Waals surface area contributed by atoms with E-state index in [9.17, 15) is 14.7 Å². The lowest BCUT2D eigenvalue weighted by Gasteiger charge is -2.33. The summed E-state index contributed by atoms with van der Waals surface area (Å²) in [6.07, 6.45) is 1.68. The highest BCUT2D eigenvalue weighted by Gasteiger charge is 2.54. The minimum atomic E-state index is -0.795. The molecule has 0 unspecified atom stereocenters. The Hall–Kier alpha value is -1.40. The van der Waals surface area contributed by atoms with Gasteiger partial charge in [0.15, 0.2) is 0 Å². The molecule has 0 aromatic carbocycles. The van der Waals surface area contributed by atoms with Crippen LogP contribution in [-0.2, 0) is 20.7 Å². The molecule has 3 heterocycles. The van der Waals surface area contributed by atoms with Crippen molar-refractivity contribution in [1.29, 1.82) is 0 Å². The average Bonchev–Trinajstić information content (AvgIpc) is 3.12. The zero-order valence-corrected chi connectivity index (χ0v) is 12.6. The third-order valence-electron chi connectivity index (χ3n) is 4.65. The number of amides is 1. The van der Waals surface area contributed by atoms with E-state index >= 15 is 0 Å². The fraction of sp³-hybridized carbons (Fsp3) is 0.600. The Morgan fingerprint density at radius 3 is 3.05 bits per heavy atom. The summed E-state index contributed by atoms with van der Waals surface area (Å²) in [5, 5.41) is 11.6. The van der Waals surface area contributed by atoms with Gasteiger partial charge in [-0.15, -0.1) is 11.3 Å². The average molecular weight is 309 g/mol. The third-order valence-corrected chi connectivity index (χ3v) is 5.59. The quantitative estimate of drug-likeness (QED) is 0.918. The van der Waals surface area contributed by atoms with Crippen LogP contribution in [0.1, 0.15) is 17.7 Å². The van der Waals surface area contributed by atoms with Crippen LogP contribution in [0.25, 0.3) is 0 Å². The highest BCUT2D eigenvalue weighted by molar-refractivity contribution is 7.09. The molecule has 21 heavy (non-hydrogen) atoms. The number of ether oxygens (including phenoxy) is 1. The molecule has 0 saturated carbocycles. The van der Waals surface area contributed by atoms with Crippen LogP contribution in [0.5, 0.6) is 0 Å². The van der Waals surface area contributed by atoms with Crippen LogP contribution in [0.4, 0.5) is 0 Å². The number of hydrogen-bond acceptors (Lipinski definition) is 4. The van der Waals surface area contributed by atoms with E-state index in [0.29, 0.717) is 39.1 Å². The number of hydrogen-bond donors (Lipinski definition) is 1. The van der Waals surface area contributed by atoms with Gasteiger partial charge in [0.1, 0.15) is 0 Å². The van der Waals surface area contributed by atoms with Gasteiger partial charge in [-0.1, -0.05) is 6.07 Å². The SMILES string of the molecule is O=C(CCc1cccs1)N1C[C@H]2COCC[C@@]2(C(=O)O)C1. The monoisotopic (exact) mass is 309 g/mol. The van der Waals surface area contributed by atoms with Gasteiger partial charge in [0.2, 0.25) is 5.91 Å². The first-order valence-corrected chi connectivity index (χ1v) is 8.11. The second-order valence-electron chi connectivity index (χ2n) is 5.84. The Morgan fingerprint density at radius 2 is 2.38 bits per heavy atom. The van der Waals surface area contributed by atoms with Crippen molar-refractivity contribution in [3.63, 3.8) is 0 Å². The van der Waals surface area contributed by atoms with Crippen molar-refractivity contribution in [2.45, 2.75) is 19.3 Å². The van der Waals surface area contributed by atoms with E-state index in [4.69, 9.17) is 4.74 Å². The van der Waals surface area contributed by atoms with Crippen molar-refractivity contribution in [2.24, 2.45) is 11.3 Å². The number of carbonyl (C=O) groups excluding carboxylic acids is 1. The maximum absolute atomic E-state index is 12.3. The molecule has 3 rings (SSSR count). The smallest absolute Gasteiger partial charge is 0.311 e. The van der Waals surface area contributed by atoms with E-state index in [2.05, 4.69) is 0 Å². The molecule has 2 aliphatic rings. The number of nitrogens with zero attached hydrogens (tertiary/aromatic N) is 1. The Balaban J connectivity index is 1.64. The van der Waals surface area contributed by atoms with Gasteiger partial charge in [-0.25, -0.2) is 0 Å². The Morgan fingerprint density at radius 1 is 1.52 bits per heavy atom. The molecule has 0 radical (unpaired) electrons. The highest BCUT2D eigenvalue weighted by Crippen LogP contribution is 2.42. The molecule has 0 aliphatic carbocycles. The van der Waals surface area contributed by atoms with Gasteiger partial charge in [0.05, 0.1) is 12.0 Å². The number of thiophene rings is 1. The van der Waals surface area contributed by atoms with Crippen molar-refractivity contribution in [2.75, 3.05) is 26.3 Å². The molecular weight excluding hydrogens is 290 g/mol. The fourth-order valence-electron chi connectivity index (χ4n) is 3.33. The predicted molar refractivity (Wildman–Crippen MR) is 78.2 cm³/mol. The highest BCUT2D eigenvalue weighted by atomic mass is 32.1. The van der Waals surface area contributed by atoms with Gasteiger partial charge in [-0.05, 0) is 24.3 Å². The van der Waals surface area contributed by atoms with Crippen LogP contribution in [0.2, 0.25) is 0 Å². The molecule has 114 valence electrons. The van der Waals surface area contributed by atoms with E-state index in [1.165, 1.54) is 4.88 Å². The second kappa shape index (κ2) is 5.77. The number of likely N-dealkylation sites (tertiary alicyclic amines) is 1. The number of aryl methyl sites for hydroxylation is 1. The fourth-order valence-corrected chi connectivity index (χ4v) is 4.04. The summed E-state index contributed by atoms with van der Waals surface area (Å²) < 4.78 is 5.41. The molecule has 5 nitrogen and oxygen atoms in total. The molecule has 2 fully saturated rings. The summed E-state index contributed by atoms with van der Waals surface area (Å²) in [4.78, 5) is 26.9. The summed E-state index contributed by atoms with van der Waals surface area (Å²) in [6, 6.07) is 4.00. The minimum Gasteiger partial charge on any atom is -0.481 e. The van der Waals surface area contributed by atoms with E-state index in [0.717, 1.165) is 6.42 Å². The van der Waals surface area contributed by atoms with Crippen molar-refractivity contribution in [1.82, 2.24) is 4.90 Å². The van der Waals surface area contributed by atoms with Gasteiger partial charge in [-0.2, -0.15) is 0 Å². The maximum atomic E-state index is 12.3. The minimum absolute atomic E-state index is 0.0541. The van der Waals surface area contributed by atoms with Gasteiger partial charge >= 0.3 is 5.97 Å².